The second-order valence-corrected chi connectivity index (χ2v) is 5.42. The summed E-state index contributed by atoms with van der Waals surface area (Å²) in [5.74, 6) is 0.776. The Morgan fingerprint density at radius 2 is 2.28 bits per heavy atom. The summed E-state index contributed by atoms with van der Waals surface area (Å²) >= 11 is 0. The van der Waals surface area contributed by atoms with Crippen molar-refractivity contribution in [3.8, 4) is 16.9 Å². The number of carbonyl (C=O) groups excluding carboxylic acids is 1. The fourth-order valence-corrected chi connectivity index (χ4v) is 2.36. The largest absolute Gasteiger partial charge is 0.492 e. The van der Waals surface area contributed by atoms with Crippen LogP contribution in [0.3, 0.4) is 0 Å². The van der Waals surface area contributed by atoms with E-state index in [0.29, 0.717) is 30.3 Å². The SMILES string of the molecule is Cc1n[nH]cc1-c1c[c]cc(OCCNC(=O)c2ccnc(N)c2)c1. The number of anilines is 1. The Hall–Kier alpha value is -3.35. The van der Waals surface area contributed by atoms with Crippen LogP contribution >= 0.6 is 0 Å². The number of pyridine rings is 1. The van der Waals surface area contributed by atoms with Crippen molar-refractivity contribution in [3.05, 3.63) is 60.0 Å². The standard InChI is InChI=1S/C18H18N5O2/c1-12-16(11-22-23-12)13-3-2-4-15(9-13)25-8-7-21-18(24)14-5-6-20-17(19)10-14/h3-6,9-11H,7-8H2,1H3,(H2,19,20)(H,21,24)(H,22,23). The van der Waals surface area contributed by atoms with E-state index in [2.05, 4.69) is 26.6 Å². The molecule has 7 nitrogen and oxygen atoms in total. The molecule has 0 saturated heterocycles. The first kappa shape index (κ1) is 16.5. The number of aryl methyl sites for hydroxylation is 1. The number of carbonyl (C=O) groups is 1. The van der Waals surface area contributed by atoms with Crippen LogP contribution in [0.4, 0.5) is 5.82 Å². The van der Waals surface area contributed by atoms with E-state index in [1.807, 2.05) is 25.3 Å². The van der Waals surface area contributed by atoms with Crippen molar-refractivity contribution in [3.63, 3.8) is 0 Å². The molecule has 0 spiro atoms. The molecule has 0 unspecified atom stereocenters. The molecule has 3 rings (SSSR count). The first-order chi connectivity index (χ1) is 12.1. The predicted octanol–water partition coefficient (Wildman–Crippen LogP) is 1.97. The van der Waals surface area contributed by atoms with Crippen LogP contribution < -0.4 is 15.8 Å². The summed E-state index contributed by atoms with van der Waals surface area (Å²) in [6.07, 6.45) is 3.34. The highest BCUT2D eigenvalue weighted by molar-refractivity contribution is 5.94. The lowest BCUT2D eigenvalue weighted by Gasteiger charge is -2.09. The Morgan fingerprint density at radius 3 is 3.04 bits per heavy atom. The number of aromatic amines is 1. The van der Waals surface area contributed by atoms with E-state index in [9.17, 15) is 4.79 Å². The highest BCUT2D eigenvalue weighted by Crippen LogP contribution is 2.24. The van der Waals surface area contributed by atoms with Gasteiger partial charge in [-0.15, -0.1) is 0 Å². The van der Waals surface area contributed by atoms with Crippen molar-refractivity contribution in [2.24, 2.45) is 0 Å². The van der Waals surface area contributed by atoms with Crippen LogP contribution in [0.5, 0.6) is 5.75 Å². The molecule has 127 valence electrons. The van der Waals surface area contributed by atoms with Crippen LogP contribution in [0, 0.1) is 13.0 Å². The Bertz CT molecular complexity index is 875. The molecule has 3 aromatic rings. The minimum Gasteiger partial charge on any atom is -0.492 e. The Balaban J connectivity index is 1.53. The average Bonchev–Trinajstić information content (AvgIpc) is 3.05. The monoisotopic (exact) mass is 336 g/mol. The summed E-state index contributed by atoms with van der Waals surface area (Å²) in [5.41, 5.74) is 8.93. The summed E-state index contributed by atoms with van der Waals surface area (Å²) in [5, 5.41) is 9.72. The second kappa shape index (κ2) is 7.48. The van der Waals surface area contributed by atoms with E-state index < -0.39 is 0 Å². The zero-order valence-corrected chi connectivity index (χ0v) is 13.7. The quantitative estimate of drug-likeness (QED) is 0.597. The molecule has 0 fully saturated rings. The maximum Gasteiger partial charge on any atom is 0.251 e. The molecule has 2 heterocycles. The number of amides is 1. The highest BCUT2D eigenvalue weighted by Gasteiger charge is 2.07. The third-order valence-electron chi connectivity index (χ3n) is 3.60. The Labute approximate surface area is 145 Å². The Morgan fingerprint density at radius 1 is 1.40 bits per heavy atom. The smallest absolute Gasteiger partial charge is 0.251 e. The van der Waals surface area contributed by atoms with E-state index >= 15 is 0 Å². The lowest BCUT2D eigenvalue weighted by atomic mass is 10.1. The number of nitrogens with two attached hydrogens (primary N) is 1. The maximum atomic E-state index is 12.0. The third kappa shape index (κ3) is 4.14. The molecular formula is C18H18N5O2. The van der Waals surface area contributed by atoms with Gasteiger partial charge in [-0.1, -0.05) is 0 Å². The molecule has 1 aromatic carbocycles. The highest BCUT2D eigenvalue weighted by atomic mass is 16.5. The molecule has 7 heteroatoms. The molecule has 1 amide bonds. The van der Waals surface area contributed by atoms with Crippen LogP contribution in [0.15, 0.2) is 42.7 Å². The van der Waals surface area contributed by atoms with Crippen molar-refractivity contribution in [2.45, 2.75) is 6.92 Å². The van der Waals surface area contributed by atoms with Crippen molar-refractivity contribution in [2.75, 3.05) is 18.9 Å². The molecule has 25 heavy (non-hydrogen) atoms. The summed E-state index contributed by atoms with van der Waals surface area (Å²) in [7, 11) is 0. The molecule has 2 aromatic heterocycles. The van der Waals surface area contributed by atoms with Crippen LogP contribution in [-0.2, 0) is 0 Å². The van der Waals surface area contributed by atoms with E-state index in [4.69, 9.17) is 10.5 Å². The molecule has 0 atom stereocenters. The van der Waals surface area contributed by atoms with Gasteiger partial charge in [-0.05, 0) is 48.9 Å². The number of ether oxygens (including phenoxy) is 1. The fraction of sp³-hybridized carbons (Fsp3) is 0.167. The number of benzene rings is 1. The van der Waals surface area contributed by atoms with E-state index in [1.54, 1.807) is 12.1 Å². The van der Waals surface area contributed by atoms with E-state index in [-0.39, 0.29) is 5.91 Å². The van der Waals surface area contributed by atoms with Gasteiger partial charge in [0.15, 0.2) is 0 Å². The maximum absolute atomic E-state index is 12.0. The number of H-pyrrole nitrogens is 1. The molecule has 0 bridgehead atoms. The lowest BCUT2D eigenvalue weighted by Crippen LogP contribution is -2.28. The molecular weight excluding hydrogens is 318 g/mol. The van der Waals surface area contributed by atoms with Gasteiger partial charge in [-0.25, -0.2) is 4.98 Å². The van der Waals surface area contributed by atoms with Crippen LogP contribution in [0.25, 0.3) is 11.1 Å². The number of hydrogen-bond acceptors (Lipinski definition) is 5. The van der Waals surface area contributed by atoms with Crippen LogP contribution in [-0.4, -0.2) is 34.2 Å². The summed E-state index contributed by atoms with van der Waals surface area (Å²) in [6, 6.07) is 11.7. The zero-order valence-electron chi connectivity index (χ0n) is 13.7. The van der Waals surface area contributed by atoms with E-state index in [0.717, 1.165) is 16.8 Å². The minimum atomic E-state index is -0.216. The lowest BCUT2D eigenvalue weighted by molar-refractivity contribution is 0.0947. The summed E-state index contributed by atoms with van der Waals surface area (Å²) in [6.45, 7) is 2.64. The number of nitrogen functional groups attached to an aromatic ring is 1. The summed E-state index contributed by atoms with van der Waals surface area (Å²) in [4.78, 5) is 15.8. The van der Waals surface area contributed by atoms with Crippen molar-refractivity contribution < 1.29 is 9.53 Å². The topological polar surface area (TPSA) is 106 Å². The van der Waals surface area contributed by atoms with Crippen LogP contribution in [0.2, 0.25) is 0 Å². The fourth-order valence-electron chi connectivity index (χ4n) is 2.36. The number of rotatable bonds is 6. The predicted molar refractivity (Wildman–Crippen MR) is 94.1 cm³/mol. The average molecular weight is 336 g/mol. The van der Waals surface area contributed by atoms with Gasteiger partial charge in [-0.3, -0.25) is 9.89 Å². The molecule has 0 saturated carbocycles. The van der Waals surface area contributed by atoms with Gasteiger partial charge in [-0.2, -0.15) is 5.10 Å². The van der Waals surface area contributed by atoms with E-state index in [1.165, 1.54) is 12.3 Å². The van der Waals surface area contributed by atoms with Crippen molar-refractivity contribution >= 4 is 11.7 Å². The molecule has 0 aliphatic carbocycles. The van der Waals surface area contributed by atoms with Crippen molar-refractivity contribution in [1.29, 1.82) is 0 Å². The van der Waals surface area contributed by atoms with Gasteiger partial charge < -0.3 is 15.8 Å². The third-order valence-corrected chi connectivity index (χ3v) is 3.60. The van der Waals surface area contributed by atoms with Gasteiger partial charge in [0.2, 0.25) is 0 Å². The normalized spacial score (nSPS) is 10.4. The van der Waals surface area contributed by atoms with Crippen molar-refractivity contribution in [1.82, 2.24) is 20.5 Å². The number of hydrogen-bond donors (Lipinski definition) is 3. The van der Waals surface area contributed by atoms with Gasteiger partial charge in [0.25, 0.3) is 5.91 Å². The molecule has 0 aliphatic rings. The van der Waals surface area contributed by atoms with Gasteiger partial charge in [0.1, 0.15) is 18.2 Å². The van der Waals surface area contributed by atoms with Gasteiger partial charge >= 0.3 is 0 Å². The first-order valence-corrected chi connectivity index (χ1v) is 7.78. The zero-order chi connectivity index (χ0) is 17.6. The second-order valence-electron chi connectivity index (χ2n) is 5.42. The number of nitrogens with one attached hydrogen (secondary N) is 2. The molecule has 0 aliphatic heterocycles. The molecule has 1 radical (unpaired) electrons. The first-order valence-electron chi connectivity index (χ1n) is 7.78. The minimum absolute atomic E-state index is 0.216. The van der Waals surface area contributed by atoms with Gasteiger partial charge in [0, 0.05) is 23.5 Å². The van der Waals surface area contributed by atoms with Crippen LogP contribution in [0.1, 0.15) is 16.1 Å². The number of aromatic nitrogens is 3. The van der Waals surface area contributed by atoms with Gasteiger partial charge in [0.05, 0.1) is 12.2 Å². The summed E-state index contributed by atoms with van der Waals surface area (Å²) < 4.78 is 5.68. The number of nitrogens with zero attached hydrogens (tertiary/aromatic N) is 2. The molecule has 4 N–H and O–H groups in total. The Kier molecular flexibility index (Phi) is 4.94.